The molecular weight excluding hydrogens is 356 g/mol. The summed E-state index contributed by atoms with van der Waals surface area (Å²) in [6, 6.07) is 8.70. The van der Waals surface area contributed by atoms with Crippen LogP contribution in [0.4, 0.5) is 0 Å². The van der Waals surface area contributed by atoms with Crippen LogP contribution in [0, 0.1) is 23.9 Å². The molecule has 2 N–H and O–H groups in total. The van der Waals surface area contributed by atoms with E-state index < -0.39 is 5.78 Å². The molecule has 5 nitrogen and oxygen atoms in total. The Labute approximate surface area is 164 Å². The van der Waals surface area contributed by atoms with Gasteiger partial charge in [-0.3, -0.25) is 4.79 Å². The Balaban J connectivity index is 2.12. The van der Waals surface area contributed by atoms with Gasteiger partial charge in [-0.2, -0.15) is 0 Å². The molecular formula is C23H22O5. The molecule has 0 aliphatic heterocycles. The van der Waals surface area contributed by atoms with Gasteiger partial charge in [-0.25, -0.2) is 0 Å². The molecule has 0 aliphatic rings. The van der Waals surface area contributed by atoms with Crippen LogP contribution in [0.15, 0.2) is 36.4 Å². The quantitative estimate of drug-likeness (QED) is 0.408. The molecule has 0 heterocycles. The fourth-order valence-electron chi connectivity index (χ4n) is 2.42. The number of phenolic OH excluding ortho intramolecular Hbond substituents is 2. The lowest BCUT2D eigenvalue weighted by Gasteiger charge is -2.10. The Bertz CT molecular complexity index is 954. The monoisotopic (exact) mass is 378 g/mol. The molecule has 0 amide bonds. The number of aromatic hydroxyl groups is 2. The van der Waals surface area contributed by atoms with Crippen molar-refractivity contribution in [2.45, 2.75) is 33.1 Å². The third kappa shape index (κ3) is 5.72. The van der Waals surface area contributed by atoms with E-state index in [0.717, 1.165) is 19.3 Å². The largest absolute Gasteiger partial charge is 0.507 e. The van der Waals surface area contributed by atoms with Crippen molar-refractivity contribution < 1.29 is 24.5 Å². The van der Waals surface area contributed by atoms with Crippen molar-refractivity contribution in [2.24, 2.45) is 0 Å². The molecule has 28 heavy (non-hydrogen) atoms. The van der Waals surface area contributed by atoms with Gasteiger partial charge in [0.2, 0.25) is 0 Å². The number of carbonyl (C=O) groups is 1. The van der Waals surface area contributed by atoms with Crippen LogP contribution in [-0.4, -0.2) is 22.6 Å². The maximum atomic E-state index is 12.7. The van der Waals surface area contributed by atoms with E-state index >= 15 is 0 Å². The molecule has 2 rings (SSSR count). The van der Waals surface area contributed by atoms with Crippen LogP contribution in [0.2, 0.25) is 0 Å². The van der Waals surface area contributed by atoms with Gasteiger partial charge in [-0.15, -0.1) is 0 Å². The van der Waals surface area contributed by atoms with Gasteiger partial charge >= 0.3 is 0 Å². The summed E-state index contributed by atoms with van der Waals surface area (Å²) in [6.07, 6.45) is 5.46. The van der Waals surface area contributed by atoms with Crippen molar-refractivity contribution in [2.75, 3.05) is 6.61 Å². The van der Waals surface area contributed by atoms with Crippen LogP contribution in [-0.2, 0) is 0 Å². The van der Waals surface area contributed by atoms with Crippen LogP contribution >= 0.6 is 0 Å². The highest BCUT2D eigenvalue weighted by Gasteiger charge is 2.18. The van der Waals surface area contributed by atoms with Gasteiger partial charge < -0.3 is 19.7 Å². The Kier molecular flexibility index (Phi) is 7.81. The topological polar surface area (TPSA) is 76.0 Å². The summed E-state index contributed by atoms with van der Waals surface area (Å²) in [5.41, 5.74) is 0.114. The van der Waals surface area contributed by atoms with Gasteiger partial charge in [0.05, 0.1) is 17.7 Å². The summed E-state index contributed by atoms with van der Waals surface area (Å²) in [5, 5.41) is 20.4. The van der Waals surface area contributed by atoms with Crippen molar-refractivity contribution in [3.63, 3.8) is 0 Å². The lowest BCUT2D eigenvalue weighted by atomic mass is 10.0. The average Bonchev–Trinajstić information content (AvgIpc) is 2.68. The molecule has 0 saturated heterocycles. The first kappa shape index (κ1) is 20.7. The molecule has 0 radical (unpaired) electrons. The third-order valence-corrected chi connectivity index (χ3v) is 3.85. The Morgan fingerprint density at radius 2 is 1.61 bits per heavy atom. The van der Waals surface area contributed by atoms with Crippen LogP contribution in [0.5, 0.6) is 23.0 Å². The minimum absolute atomic E-state index is 0.0422. The minimum Gasteiger partial charge on any atom is -0.507 e. The highest BCUT2D eigenvalue weighted by molar-refractivity contribution is 6.12. The zero-order valence-corrected chi connectivity index (χ0v) is 15.9. The molecule has 0 aliphatic carbocycles. The van der Waals surface area contributed by atoms with Gasteiger partial charge in [0, 0.05) is 18.1 Å². The molecule has 0 spiro atoms. The van der Waals surface area contributed by atoms with Gasteiger partial charge in [-0.1, -0.05) is 25.7 Å². The molecule has 144 valence electrons. The lowest BCUT2D eigenvalue weighted by molar-refractivity contribution is 0.103. The molecule has 5 heteroatoms. The second-order valence-electron chi connectivity index (χ2n) is 5.95. The van der Waals surface area contributed by atoms with Gasteiger partial charge in [-0.05, 0) is 43.5 Å². The van der Waals surface area contributed by atoms with Crippen molar-refractivity contribution in [3.05, 3.63) is 47.5 Å². The number of carbonyl (C=O) groups excluding carboxylic acids is 1. The van der Waals surface area contributed by atoms with E-state index in [1.807, 2.05) is 0 Å². The molecule has 0 bridgehead atoms. The average molecular weight is 378 g/mol. The zero-order valence-electron chi connectivity index (χ0n) is 15.9. The summed E-state index contributed by atoms with van der Waals surface area (Å²) < 4.78 is 10.7. The smallest absolute Gasteiger partial charge is 0.200 e. The molecule has 0 atom stereocenters. The first-order valence-corrected chi connectivity index (χ1v) is 8.99. The first-order valence-electron chi connectivity index (χ1n) is 8.99. The van der Waals surface area contributed by atoms with E-state index in [2.05, 4.69) is 30.8 Å². The second kappa shape index (κ2) is 10.5. The number of hydrogen-bond donors (Lipinski definition) is 2. The zero-order chi connectivity index (χ0) is 20.4. The summed E-state index contributed by atoms with van der Waals surface area (Å²) in [4.78, 5) is 12.7. The first-order chi connectivity index (χ1) is 13.6. The predicted molar refractivity (Wildman–Crippen MR) is 107 cm³/mol. The summed E-state index contributed by atoms with van der Waals surface area (Å²) in [6.45, 7) is 4.31. The van der Waals surface area contributed by atoms with Crippen molar-refractivity contribution in [1.82, 2.24) is 0 Å². The number of rotatable bonds is 8. The van der Waals surface area contributed by atoms with E-state index in [4.69, 9.17) is 9.47 Å². The van der Waals surface area contributed by atoms with Crippen molar-refractivity contribution in [3.8, 4) is 46.9 Å². The molecule has 2 aromatic carbocycles. The maximum Gasteiger partial charge on any atom is 0.200 e. The third-order valence-electron chi connectivity index (χ3n) is 3.85. The normalized spacial score (nSPS) is 9.50. The second-order valence-corrected chi connectivity index (χ2v) is 5.95. The van der Waals surface area contributed by atoms with E-state index in [9.17, 15) is 15.0 Å². The fraction of sp³-hybridized carbons (Fsp3) is 0.261. The summed E-state index contributed by atoms with van der Waals surface area (Å²) in [5.74, 6) is 7.38. The Morgan fingerprint density at radius 3 is 2.21 bits per heavy atom. The summed E-state index contributed by atoms with van der Waals surface area (Å²) in [7, 11) is 0. The van der Waals surface area contributed by atoms with Crippen LogP contribution < -0.4 is 9.47 Å². The number of phenols is 2. The highest BCUT2D eigenvalue weighted by Crippen LogP contribution is 2.30. The van der Waals surface area contributed by atoms with E-state index in [0.29, 0.717) is 12.4 Å². The highest BCUT2D eigenvalue weighted by atomic mass is 16.5. The predicted octanol–water partition coefficient (Wildman–Crippen LogP) is 4.26. The van der Waals surface area contributed by atoms with E-state index in [-0.39, 0.29) is 28.4 Å². The Hall–Kier alpha value is -3.57. The summed E-state index contributed by atoms with van der Waals surface area (Å²) >= 11 is 0. The number of ketones is 1. The van der Waals surface area contributed by atoms with Crippen LogP contribution in [0.1, 0.15) is 49.0 Å². The van der Waals surface area contributed by atoms with Crippen LogP contribution in [0.25, 0.3) is 0 Å². The van der Waals surface area contributed by atoms with E-state index in [1.165, 1.54) is 30.3 Å². The molecule has 0 unspecified atom stereocenters. The number of unbranched alkanes of at least 4 members (excludes halogenated alkanes) is 2. The number of benzene rings is 2. The van der Waals surface area contributed by atoms with Crippen molar-refractivity contribution in [1.29, 1.82) is 0 Å². The molecule has 2 aromatic rings. The van der Waals surface area contributed by atoms with Gasteiger partial charge in [0.25, 0.3) is 0 Å². The number of ether oxygens (including phenoxy) is 2. The van der Waals surface area contributed by atoms with E-state index in [1.54, 1.807) is 13.0 Å². The lowest BCUT2D eigenvalue weighted by Crippen LogP contribution is -2.03. The van der Waals surface area contributed by atoms with Crippen LogP contribution in [0.3, 0.4) is 0 Å². The molecule has 0 aromatic heterocycles. The van der Waals surface area contributed by atoms with Gasteiger partial charge in [0.15, 0.2) is 5.78 Å². The number of hydrogen-bond acceptors (Lipinski definition) is 5. The minimum atomic E-state index is -0.512. The Morgan fingerprint density at radius 1 is 0.964 bits per heavy atom. The maximum absolute atomic E-state index is 12.7. The molecule has 0 fully saturated rings. The fourth-order valence-corrected chi connectivity index (χ4v) is 2.42. The SMILES string of the molecule is CC#CC#COc1ccc(C(=O)c2ccc(OCCCCC)cc2O)c(O)c1. The standard InChI is InChI=1S/C23H22O5/c1-3-5-7-13-27-17-9-11-19(21(24)15-17)23(26)20-12-10-18(16-22(20)25)28-14-8-6-4-2/h9-12,15-16,24-25H,3,5,7,13H2,1-2H3. The molecule has 0 saturated carbocycles. The van der Waals surface area contributed by atoms with Crippen molar-refractivity contribution >= 4 is 5.78 Å². The van der Waals surface area contributed by atoms with Gasteiger partial charge in [0.1, 0.15) is 29.1 Å².